The molecule has 0 unspecified atom stereocenters. The molecule has 0 radical (unpaired) electrons. The highest BCUT2D eigenvalue weighted by atomic mass is 14.2. The first-order chi connectivity index (χ1) is 3.83. The van der Waals surface area contributed by atoms with E-state index in [2.05, 4.69) is 6.58 Å². The van der Waals surface area contributed by atoms with E-state index in [1.807, 2.05) is 26.0 Å². The Bertz CT molecular complexity index is 91.4. The standard InChI is InChI=1S/C4H8.C3H3N/c1-3-4-2;1-2-3-4/h3-4H,1-2H3;2H,1H2. The van der Waals surface area contributed by atoms with E-state index < -0.39 is 0 Å². The highest BCUT2D eigenvalue weighted by molar-refractivity contribution is 4.93. The largest absolute Gasteiger partial charge is 0.193 e. The summed E-state index contributed by atoms with van der Waals surface area (Å²) in [5.41, 5.74) is 0. The van der Waals surface area contributed by atoms with Gasteiger partial charge in [0.1, 0.15) is 0 Å². The van der Waals surface area contributed by atoms with Crippen molar-refractivity contribution in [2.24, 2.45) is 0 Å². The van der Waals surface area contributed by atoms with Gasteiger partial charge in [-0.25, -0.2) is 0 Å². The lowest BCUT2D eigenvalue weighted by Gasteiger charge is -1.49. The van der Waals surface area contributed by atoms with Crippen LogP contribution >= 0.6 is 0 Å². The summed E-state index contributed by atoms with van der Waals surface area (Å²) in [5.74, 6) is 0. The summed E-state index contributed by atoms with van der Waals surface area (Å²) in [6.07, 6.45) is 5.18. The molecule has 0 aromatic heterocycles. The highest BCUT2D eigenvalue weighted by Crippen LogP contribution is 1.57. The predicted molar refractivity (Wildman–Crippen MR) is 36.3 cm³/mol. The van der Waals surface area contributed by atoms with Gasteiger partial charge in [0.15, 0.2) is 0 Å². The van der Waals surface area contributed by atoms with Gasteiger partial charge >= 0.3 is 0 Å². The van der Waals surface area contributed by atoms with Gasteiger partial charge in [0, 0.05) is 6.08 Å². The minimum absolute atomic E-state index is 1.18. The second-order valence-corrected chi connectivity index (χ2v) is 1.000. The number of allylic oxidation sites excluding steroid dienone is 3. The van der Waals surface area contributed by atoms with Crippen molar-refractivity contribution < 1.29 is 0 Å². The van der Waals surface area contributed by atoms with Crippen LogP contribution in [0.15, 0.2) is 24.8 Å². The molecule has 0 heterocycles. The van der Waals surface area contributed by atoms with Crippen LogP contribution in [-0.4, -0.2) is 0 Å². The summed E-state index contributed by atoms with van der Waals surface area (Å²) < 4.78 is 0. The van der Waals surface area contributed by atoms with E-state index in [4.69, 9.17) is 5.26 Å². The summed E-state index contributed by atoms with van der Waals surface area (Å²) in [4.78, 5) is 0. The molecular formula is C7H11N. The van der Waals surface area contributed by atoms with Crippen molar-refractivity contribution in [2.45, 2.75) is 13.8 Å². The fourth-order valence-electron chi connectivity index (χ4n) is 0. The predicted octanol–water partition coefficient (Wildman–Crippen LogP) is 2.28. The number of nitriles is 1. The molecule has 0 saturated heterocycles. The molecule has 0 aliphatic carbocycles. The third-order valence-electron chi connectivity index (χ3n) is 0.425. The number of rotatable bonds is 0. The Morgan fingerprint density at radius 2 is 1.62 bits per heavy atom. The summed E-state index contributed by atoms with van der Waals surface area (Å²) in [5, 5.41) is 7.51. The van der Waals surface area contributed by atoms with Crippen LogP contribution in [0.2, 0.25) is 0 Å². The van der Waals surface area contributed by atoms with Crippen LogP contribution in [0.5, 0.6) is 0 Å². The summed E-state index contributed by atoms with van der Waals surface area (Å²) >= 11 is 0. The minimum Gasteiger partial charge on any atom is -0.193 e. The molecule has 0 rings (SSSR count). The second-order valence-electron chi connectivity index (χ2n) is 1.000. The summed E-state index contributed by atoms with van der Waals surface area (Å²) in [6.45, 7) is 7.12. The summed E-state index contributed by atoms with van der Waals surface area (Å²) in [6, 6.07) is 1.69. The molecule has 44 valence electrons. The van der Waals surface area contributed by atoms with Gasteiger partial charge in [0.2, 0.25) is 0 Å². The van der Waals surface area contributed by atoms with E-state index in [9.17, 15) is 0 Å². The molecule has 0 aliphatic rings. The molecule has 0 N–H and O–H groups in total. The Kier molecular flexibility index (Phi) is 21.0. The molecular weight excluding hydrogens is 98.1 g/mol. The quantitative estimate of drug-likeness (QED) is 0.346. The fourth-order valence-corrected chi connectivity index (χ4v) is 0. The van der Waals surface area contributed by atoms with Gasteiger partial charge in [-0.3, -0.25) is 0 Å². The Labute approximate surface area is 50.9 Å². The lowest BCUT2D eigenvalue weighted by Crippen LogP contribution is -1.26. The monoisotopic (exact) mass is 109 g/mol. The lowest BCUT2D eigenvalue weighted by molar-refractivity contribution is 1.54. The molecule has 0 saturated carbocycles. The van der Waals surface area contributed by atoms with E-state index in [0.717, 1.165) is 0 Å². The van der Waals surface area contributed by atoms with E-state index in [1.165, 1.54) is 6.08 Å². The SMILES string of the molecule is C=CC#N.CC=CC. The number of nitrogens with zero attached hydrogens (tertiary/aromatic N) is 1. The van der Waals surface area contributed by atoms with Gasteiger partial charge in [-0.2, -0.15) is 5.26 Å². The first-order valence-corrected chi connectivity index (χ1v) is 2.41. The van der Waals surface area contributed by atoms with E-state index >= 15 is 0 Å². The van der Waals surface area contributed by atoms with Crippen LogP contribution in [0.1, 0.15) is 13.8 Å². The molecule has 0 bridgehead atoms. The van der Waals surface area contributed by atoms with Crippen LogP contribution in [0.25, 0.3) is 0 Å². The zero-order valence-electron chi connectivity index (χ0n) is 5.39. The maximum absolute atomic E-state index is 7.51. The molecule has 0 amide bonds. The van der Waals surface area contributed by atoms with Crippen LogP contribution < -0.4 is 0 Å². The molecule has 8 heavy (non-hydrogen) atoms. The average Bonchev–Trinajstić information content (AvgIpc) is 1.88. The van der Waals surface area contributed by atoms with Crippen molar-refractivity contribution in [1.29, 1.82) is 5.26 Å². The van der Waals surface area contributed by atoms with E-state index in [0.29, 0.717) is 0 Å². The molecule has 0 aromatic carbocycles. The third kappa shape index (κ3) is 83.3. The molecule has 0 fully saturated rings. The first-order valence-electron chi connectivity index (χ1n) is 2.41. The Balaban J connectivity index is 0. The minimum atomic E-state index is 1.18. The van der Waals surface area contributed by atoms with Crippen LogP contribution in [0.3, 0.4) is 0 Å². The van der Waals surface area contributed by atoms with Crippen LogP contribution in [-0.2, 0) is 0 Å². The molecule has 0 spiro atoms. The van der Waals surface area contributed by atoms with Crippen molar-refractivity contribution in [3.05, 3.63) is 24.8 Å². The maximum Gasteiger partial charge on any atom is 0.0905 e. The van der Waals surface area contributed by atoms with Crippen molar-refractivity contribution >= 4 is 0 Å². The van der Waals surface area contributed by atoms with Crippen LogP contribution in [0, 0.1) is 11.3 Å². The normalized spacial score (nSPS) is 6.62. The topological polar surface area (TPSA) is 23.8 Å². The van der Waals surface area contributed by atoms with Crippen molar-refractivity contribution in [3.63, 3.8) is 0 Å². The second kappa shape index (κ2) is 16.7. The number of hydrogen-bond donors (Lipinski definition) is 0. The molecule has 0 aromatic rings. The van der Waals surface area contributed by atoms with Crippen molar-refractivity contribution in [2.75, 3.05) is 0 Å². The van der Waals surface area contributed by atoms with Crippen molar-refractivity contribution in [3.8, 4) is 6.07 Å². The van der Waals surface area contributed by atoms with Gasteiger partial charge in [-0.1, -0.05) is 18.7 Å². The van der Waals surface area contributed by atoms with E-state index in [1.54, 1.807) is 6.07 Å². The maximum atomic E-state index is 7.51. The lowest BCUT2D eigenvalue weighted by atomic mass is 10.6. The zero-order chi connectivity index (χ0) is 6.83. The highest BCUT2D eigenvalue weighted by Gasteiger charge is 1.34. The van der Waals surface area contributed by atoms with Gasteiger partial charge < -0.3 is 0 Å². The fraction of sp³-hybridized carbons (Fsp3) is 0.286. The third-order valence-corrected chi connectivity index (χ3v) is 0.425. The smallest absolute Gasteiger partial charge is 0.0905 e. The summed E-state index contributed by atoms with van der Waals surface area (Å²) in [7, 11) is 0. The van der Waals surface area contributed by atoms with Gasteiger partial charge in [0.05, 0.1) is 6.07 Å². The first kappa shape index (κ1) is 10.1. The molecule has 1 heteroatoms. The average molecular weight is 109 g/mol. The van der Waals surface area contributed by atoms with Gasteiger partial charge in [-0.15, -0.1) is 0 Å². The van der Waals surface area contributed by atoms with Crippen LogP contribution in [0.4, 0.5) is 0 Å². The number of hydrogen-bond acceptors (Lipinski definition) is 1. The van der Waals surface area contributed by atoms with Crippen molar-refractivity contribution in [1.82, 2.24) is 0 Å². The molecule has 0 aliphatic heterocycles. The van der Waals surface area contributed by atoms with Gasteiger partial charge in [-0.05, 0) is 13.8 Å². The zero-order valence-corrected chi connectivity index (χ0v) is 5.39. The molecule has 1 nitrogen and oxygen atoms in total. The molecule has 0 atom stereocenters. The Hall–Kier alpha value is -1.03. The Morgan fingerprint density at radius 1 is 1.38 bits per heavy atom. The van der Waals surface area contributed by atoms with Gasteiger partial charge in [0.25, 0.3) is 0 Å². The Morgan fingerprint density at radius 3 is 1.62 bits per heavy atom. The van der Waals surface area contributed by atoms with E-state index in [-0.39, 0.29) is 0 Å².